The van der Waals surface area contributed by atoms with Gasteiger partial charge in [0, 0.05) is 6.20 Å². The number of carbonyl (C=O) groups excluding carboxylic acids is 1. The second-order valence-corrected chi connectivity index (χ2v) is 5.92. The van der Waals surface area contributed by atoms with Gasteiger partial charge in [-0.3, -0.25) is 4.40 Å². The first-order chi connectivity index (χ1) is 12.9. The van der Waals surface area contributed by atoms with Crippen LogP contribution in [-0.4, -0.2) is 22.1 Å². The van der Waals surface area contributed by atoms with E-state index in [2.05, 4.69) is 4.98 Å². The zero-order valence-corrected chi connectivity index (χ0v) is 15.2. The highest BCUT2D eigenvalue weighted by atomic mass is 35.5. The Bertz CT molecular complexity index is 986. The van der Waals surface area contributed by atoms with Gasteiger partial charge in [-0.25, -0.2) is 18.6 Å². The Labute approximate surface area is 158 Å². The summed E-state index contributed by atoms with van der Waals surface area (Å²) in [6.07, 6.45) is 0.692. The number of rotatable bonds is 5. The third-order valence-electron chi connectivity index (χ3n) is 3.62. The summed E-state index contributed by atoms with van der Waals surface area (Å²) in [6, 6.07) is 5.19. The van der Waals surface area contributed by atoms with Crippen molar-refractivity contribution >= 4 is 23.4 Å². The van der Waals surface area contributed by atoms with Crippen molar-refractivity contribution in [3.8, 4) is 11.6 Å². The molecule has 142 valence electrons. The van der Waals surface area contributed by atoms with Crippen LogP contribution >= 0.6 is 11.6 Å². The monoisotopic (exact) mass is 396 g/mol. The standard InChI is InChI=1S/C18H15ClF2N2O4/c1-3-25-18(24)27-17-15(19)22-16-14(7-10(2)8-23(16)17)26-9-11-12(20)5-4-6-13(11)21/h4-8H,3,9H2,1-2H3. The molecule has 0 N–H and O–H groups in total. The highest BCUT2D eigenvalue weighted by molar-refractivity contribution is 6.31. The molecule has 0 aliphatic rings. The number of aryl methyl sites for hydroxylation is 1. The fraction of sp³-hybridized carbons (Fsp3) is 0.222. The van der Waals surface area contributed by atoms with E-state index in [0.717, 1.165) is 12.1 Å². The van der Waals surface area contributed by atoms with E-state index in [1.54, 1.807) is 26.1 Å². The number of benzene rings is 1. The molecule has 0 atom stereocenters. The summed E-state index contributed by atoms with van der Waals surface area (Å²) in [5.74, 6) is -1.26. The summed E-state index contributed by atoms with van der Waals surface area (Å²) < 4.78 is 44.4. The number of imidazole rings is 1. The topological polar surface area (TPSA) is 62.1 Å². The van der Waals surface area contributed by atoms with E-state index in [9.17, 15) is 13.6 Å². The van der Waals surface area contributed by atoms with Crippen LogP contribution in [0, 0.1) is 18.6 Å². The zero-order chi connectivity index (χ0) is 19.6. The molecule has 2 aromatic heterocycles. The Morgan fingerprint density at radius 1 is 1.30 bits per heavy atom. The fourth-order valence-electron chi connectivity index (χ4n) is 2.44. The molecule has 0 saturated carbocycles. The van der Waals surface area contributed by atoms with Crippen molar-refractivity contribution in [2.45, 2.75) is 20.5 Å². The van der Waals surface area contributed by atoms with Gasteiger partial charge in [-0.05, 0) is 37.6 Å². The average molecular weight is 397 g/mol. The molecule has 2 heterocycles. The lowest BCUT2D eigenvalue weighted by molar-refractivity contribution is 0.102. The first-order valence-electron chi connectivity index (χ1n) is 7.99. The van der Waals surface area contributed by atoms with Crippen LogP contribution in [0.25, 0.3) is 5.65 Å². The number of hydrogen-bond acceptors (Lipinski definition) is 5. The Hall–Kier alpha value is -2.87. The first-order valence-corrected chi connectivity index (χ1v) is 8.37. The molecule has 0 fully saturated rings. The summed E-state index contributed by atoms with van der Waals surface area (Å²) in [5.41, 5.74) is 0.730. The van der Waals surface area contributed by atoms with Crippen molar-refractivity contribution in [1.82, 2.24) is 9.38 Å². The van der Waals surface area contributed by atoms with E-state index in [-0.39, 0.29) is 41.2 Å². The van der Waals surface area contributed by atoms with Crippen molar-refractivity contribution in [3.05, 3.63) is 58.4 Å². The molecule has 0 bridgehead atoms. The third-order valence-corrected chi connectivity index (χ3v) is 3.86. The fourth-order valence-corrected chi connectivity index (χ4v) is 2.65. The summed E-state index contributed by atoms with van der Waals surface area (Å²) in [6.45, 7) is 3.18. The molecule has 9 heteroatoms. The summed E-state index contributed by atoms with van der Waals surface area (Å²) in [7, 11) is 0. The van der Waals surface area contributed by atoms with Crippen LogP contribution in [-0.2, 0) is 11.3 Å². The number of ether oxygens (including phenoxy) is 3. The highest BCUT2D eigenvalue weighted by Gasteiger charge is 2.20. The lowest BCUT2D eigenvalue weighted by atomic mass is 10.2. The molecular weight excluding hydrogens is 382 g/mol. The van der Waals surface area contributed by atoms with Gasteiger partial charge in [0.2, 0.25) is 0 Å². The number of fused-ring (bicyclic) bond motifs is 1. The number of aromatic nitrogens is 2. The van der Waals surface area contributed by atoms with Gasteiger partial charge < -0.3 is 14.2 Å². The Kier molecular flexibility index (Phi) is 5.46. The van der Waals surface area contributed by atoms with Gasteiger partial charge in [-0.15, -0.1) is 0 Å². The maximum Gasteiger partial charge on any atom is 0.515 e. The molecule has 3 rings (SSSR count). The molecule has 0 aliphatic heterocycles. The largest absolute Gasteiger partial charge is 0.515 e. The minimum absolute atomic E-state index is 0.0456. The molecule has 3 aromatic rings. The quantitative estimate of drug-likeness (QED) is 0.585. The number of carbonyl (C=O) groups is 1. The van der Waals surface area contributed by atoms with E-state index in [4.69, 9.17) is 25.8 Å². The molecule has 1 aromatic carbocycles. The first kappa shape index (κ1) is 18.9. The SMILES string of the molecule is CCOC(=O)Oc1c(Cl)nc2c(OCc3c(F)cccc3F)cc(C)cn12. The lowest BCUT2D eigenvalue weighted by Gasteiger charge is -2.11. The van der Waals surface area contributed by atoms with Crippen LogP contribution in [0.4, 0.5) is 13.6 Å². The van der Waals surface area contributed by atoms with Gasteiger partial charge in [0.15, 0.2) is 16.5 Å². The van der Waals surface area contributed by atoms with Crippen LogP contribution < -0.4 is 9.47 Å². The maximum atomic E-state index is 13.8. The summed E-state index contributed by atoms with van der Waals surface area (Å²) in [5, 5.41) is -0.0874. The summed E-state index contributed by atoms with van der Waals surface area (Å²) in [4.78, 5) is 15.7. The smallest absolute Gasteiger partial charge is 0.485 e. The van der Waals surface area contributed by atoms with Gasteiger partial charge in [-0.2, -0.15) is 0 Å². The number of nitrogens with zero attached hydrogens (tertiary/aromatic N) is 2. The van der Waals surface area contributed by atoms with Gasteiger partial charge in [0.05, 0.1) is 12.2 Å². The van der Waals surface area contributed by atoms with Crippen LogP contribution in [0.1, 0.15) is 18.1 Å². The number of hydrogen-bond donors (Lipinski definition) is 0. The maximum absolute atomic E-state index is 13.8. The molecule has 0 unspecified atom stereocenters. The van der Waals surface area contributed by atoms with Gasteiger partial charge in [0.1, 0.15) is 18.2 Å². The van der Waals surface area contributed by atoms with E-state index in [1.165, 1.54) is 10.5 Å². The van der Waals surface area contributed by atoms with Crippen molar-refractivity contribution in [2.75, 3.05) is 6.61 Å². The van der Waals surface area contributed by atoms with E-state index >= 15 is 0 Å². The van der Waals surface area contributed by atoms with Crippen molar-refractivity contribution in [3.63, 3.8) is 0 Å². The van der Waals surface area contributed by atoms with Crippen molar-refractivity contribution < 1.29 is 27.8 Å². The number of halogens is 3. The second-order valence-electron chi connectivity index (χ2n) is 5.56. The Morgan fingerprint density at radius 3 is 2.67 bits per heavy atom. The number of pyridine rings is 1. The normalized spacial score (nSPS) is 10.9. The molecule has 27 heavy (non-hydrogen) atoms. The third kappa shape index (κ3) is 3.95. The molecule has 0 radical (unpaired) electrons. The molecule has 6 nitrogen and oxygen atoms in total. The van der Waals surface area contributed by atoms with Gasteiger partial charge >= 0.3 is 6.16 Å². The minimum atomic E-state index is -0.932. The van der Waals surface area contributed by atoms with Crippen LogP contribution in [0.2, 0.25) is 5.15 Å². The molecular formula is C18H15ClF2N2O4. The molecule has 0 aliphatic carbocycles. The van der Waals surface area contributed by atoms with Gasteiger partial charge in [0.25, 0.3) is 5.88 Å². The summed E-state index contributed by atoms with van der Waals surface area (Å²) >= 11 is 6.06. The van der Waals surface area contributed by atoms with E-state index in [0.29, 0.717) is 5.56 Å². The van der Waals surface area contributed by atoms with E-state index in [1.807, 2.05) is 0 Å². The Morgan fingerprint density at radius 2 is 2.00 bits per heavy atom. The molecule has 0 spiro atoms. The highest BCUT2D eigenvalue weighted by Crippen LogP contribution is 2.32. The Balaban J connectivity index is 1.95. The average Bonchev–Trinajstić information content (AvgIpc) is 2.90. The van der Waals surface area contributed by atoms with Crippen LogP contribution in [0.15, 0.2) is 30.5 Å². The predicted molar refractivity (Wildman–Crippen MR) is 93.3 cm³/mol. The van der Waals surface area contributed by atoms with Gasteiger partial charge in [-0.1, -0.05) is 17.7 Å². The van der Waals surface area contributed by atoms with Crippen molar-refractivity contribution in [2.24, 2.45) is 0 Å². The zero-order valence-electron chi connectivity index (χ0n) is 14.5. The van der Waals surface area contributed by atoms with E-state index < -0.39 is 17.8 Å². The molecule has 0 amide bonds. The second kappa shape index (κ2) is 7.79. The van der Waals surface area contributed by atoms with Crippen LogP contribution in [0.3, 0.4) is 0 Å². The van der Waals surface area contributed by atoms with Crippen molar-refractivity contribution in [1.29, 1.82) is 0 Å². The van der Waals surface area contributed by atoms with Crippen LogP contribution in [0.5, 0.6) is 11.6 Å². The molecule has 0 saturated heterocycles. The lowest BCUT2D eigenvalue weighted by Crippen LogP contribution is -2.11. The minimum Gasteiger partial charge on any atom is -0.485 e. The predicted octanol–water partition coefficient (Wildman–Crippen LogP) is 4.69.